The van der Waals surface area contributed by atoms with Crippen molar-refractivity contribution in [2.45, 2.75) is 6.92 Å². The van der Waals surface area contributed by atoms with Crippen molar-refractivity contribution in [2.24, 2.45) is 0 Å². The molecule has 1 saturated heterocycles. The predicted molar refractivity (Wildman–Crippen MR) is 113 cm³/mol. The van der Waals surface area contributed by atoms with Crippen molar-refractivity contribution in [3.8, 4) is 11.3 Å². The molecule has 146 valence electrons. The van der Waals surface area contributed by atoms with Crippen LogP contribution < -0.4 is 4.90 Å². The van der Waals surface area contributed by atoms with E-state index in [4.69, 9.17) is 4.98 Å². The van der Waals surface area contributed by atoms with Gasteiger partial charge in [0.15, 0.2) is 0 Å². The fourth-order valence-electron chi connectivity index (χ4n) is 3.83. The van der Waals surface area contributed by atoms with Crippen LogP contribution in [0.4, 0.5) is 5.69 Å². The maximum Gasteiger partial charge on any atom is 0.236 e. The molecule has 28 heavy (non-hydrogen) atoms. The smallest absolute Gasteiger partial charge is 0.236 e. The lowest BCUT2D eigenvalue weighted by atomic mass is 10.1. The van der Waals surface area contributed by atoms with E-state index < -0.39 is 0 Å². The molecule has 3 heterocycles. The molecule has 0 spiro atoms. The largest absolute Gasteiger partial charge is 0.368 e. The fourth-order valence-corrected chi connectivity index (χ4v) is 3.83. The van der Waals surface area contributed by atoms with E-state index in [0.717, 1.165) is 48.8 Å². The number of likely N-dealkylation sites (N-methyl/N-ethyl adjacent to an activating group) is 1. The third kappa shape index (κ3) is 3.60. The SMILES string of the molecule is Cc1c(-c2cccc(N3CCN(C(=O)CN(C)C)CC3)c2)nc2ccccn12. The number of pyridine rings is 1. The summed E-state index contributed by atoms with van der Waals surface area (Å²) in [5.74, 6) is 0.207. The molecule has 3 aromatic rings. The molecular weight excluding hydrogens is 350 g/mol. The van der Waals surface area contributed by atoms with Gasteiger partial charge in [-0.05, 0) is 45.3 Å². The van der Waals surface area contributed by atoms with Crippen molar-refractivity contribution in [1.82, 2.24) is 19.2 Å². The Morgan fingerprint density at radius 1 is 1.07 bits per heavy atom. The second-order valence-corrected chi connectivity index (χ2v) is 7.63. The van der Waals surface area contributed by atoms with E-state index in [9.17, 15) is 4.79 Å². The van der Waals surface area contributed by atoms with Crippen LogP contribution in [0, 0.1) is 6.92 Å². The van der Waals surface area contributed by atoms with Crippen molar-refractivity contribution in [3.05, 3.63) is 54.4 Å². The van der Waals surface area contributed by atoms with Crippen molar-refractivity contribution < 1.29 is 4.79 Å². The summed E-state index contributed by atoms with van der Waals surface area (Å²) in [6.45, 7) is 5.83. The van der Waals surface area contributed by atoms with Crippen LogP contribution in [0.25, 0.3) is 16.9 Å². The molecule has 2 aromatic heterocycles. The minimum absolute atomic E-state index is 0.207. The van der Waals surface area contributed by atoms with Crippen LogP contribution >= 0.6 is 0 Å². The van der Waals surface area contributed by atoms with Crippen molar-refractivity contribution >= 4 is 17.2 Å². The Labute approximate surface area is 166 Å². The van der Waals surface area contributed by atoms with E-state index in [1.807, 2.05) is 42.1 Å². The number of aryl methyl sites for hydroxylation is 1. The van der Waals surface area contributed by atoms with Gasteiger partial charge in [0.05, 0.1) is 12.2 Å². The van der Waals surface area contributed by atoms with Gasteiger partial charge in [-0.2, -0.15) is 0 Å². The van der Waals surface area contributed by atoms with E-state index in [1.165, 1.54) is 5.69 Å². The Balaban J connectivity index is 1.52. The zero-order valence-electron chi connectivity index (χ0n) is 16.8. The number of anilines is 1. The molecular formula is C22H27N5O. The minimum Gasteiger partial charge on any atom is -0.368 e. The second kappa shape index (κ2) is 7.64. The number of imidazole rings is 1. The van der Waals surface area contributed by atoms with Crippen LogP contribution in [-0.2, 0) is 4.79 Å². The highest BCUT2D eigenvalue weighted by Gasteiger charge is 2.22. The summed E-state index contributed by atoms with van der Waals surface area (Å²) in [7, 11) is 3.86. The molecule has 4 rings (SSSR count). The molecule has 0 unspecified atom stereocenters. The van der Waals surface area contributed by atoms with E-state index in [-0.39, 0.29) is 5.91 Å². The maximum absolute atomic E-state index is 12.3. The second-order valence-electron chi connectivity index (χ2n) is 7.63. The molecule has 0 atom stereocenters. The Morgan fingerprint density at radius 3 is 2.57 bits per heavy atom. The zero-order chi connectivity index (χ0) is 19.7. The average molecular weight is 377 g/mol. The van der Waals surface area contributed by atoms with E-state index in [1.54, 1.807) is 0 Å². The van der Waals surface area contributed by atoms with Crippen LogP contribution in [0.15, 0.2) is 48.7 Å². The molecule has 1 fully saturated rings. The summed E-state index contributed by atoms with van der Waals surface area (Å²) < 4.78 is 2.12. The van der Waals surface area contributed by atoms with E-state index in [2.05, 4.69) is 46.7 Å². The molecule has 0 bridgehead atoms. The van der Waals surface area contributed by atoms with Gasteiger partial charge >= 0.3 is 0 Å². The number of hydrogen-bond acceptors (Lipinski definition) is 4. The molecule has 6 nitrogen and oxygen atoms in total. The quantitative estimate of drug-likeness (QED) is 0.701. The molecule has 1 amide bonds. The Kier molecular flexibility index (Phi) is 5.05. The summed E-state index contributed by atoms with van der Waals surface area (Å²) >= 11 is 0. The van der Waals surface area contributed by atoms with Crippen molar-refractivity contribution in [3.63, 3.8) is 0 Å². The van der Waals surface area contributed by atoms with Gasteiger partial charge < -0.3 is 19.1 Å². The first-order valence-electron chi connectivity index (χ1n) is 9.74. The Bertz CT molecular complexity index is 986. The van der Waals surface area contributed by atoms with Crippen molar-refractivity contribution in [1.29, 1.82) is 0 Å². The standard InChI is InChI=1S/C22H27N5O/c1-17-22(23-20-9-4-5-10-27(17)20)18-7-6-8-19(15-18)25-11-13-26(14-12-25)21(28)16-24(2)3/h4-10,15H,11-14,16H2,1-3H3. The molecule has 1 aliphatic rings. The summed E-state index contributed by atoms with van der Waals surface area (Å²) in [5, 5.41) is 0. The summed E-state index contributed by atoms with van der Waals surface area (Å²) in [4.78, 5) is 23.3. The number of aromatic nitrogens is 2. The van der Waals surface area contributed by atoms with Gasteiger partial charge in [0.25, 0.3) is 0 Å². The summed E-state index contributed by atoms with van der Waals surface area (Å²) in [5.41, 5.74) is 5.45. The number of fused-ring (bicyclic) bond motifs is 1. The van der Waals surface area contributed by atoms with Gasteiger partial charge in [0.1, 0.15) is 5.65 Å². The lowest BCUT2D eigenvalue weighted by Crippen LogP contribution is -2.50. The van der Waals surface area contributed by atoms with Gasteiger partial charge in [-0.25, -0.2) is 4.98 Å². The summed E-state index contributed by atoms with van der Waals surface area (Å²) in [6, 6.07) is 14.6. The lowest BCUT2D eigenvalue weighted by Gasteiger charge is -2.36. The minimum atomic E-state index is 0.207. The van der Waals surface area contributed by atoms with E-state index in [0.29, 0.717) is 6.54 Å². The van der Waals surface area contributed by atoms with Crippen LogP contribution in [-0.4, -0.2) is 71.9 Å². The first-order chi connectivity index (χ1) is 13.5. The van der Waals surface area contributed by atoms with Gasteiger partial charge in [-0.15, -0.1) is 0 Å². The fraction of sp³-hybridized carbons (Fsp3) is 0.364. The predicted octanol–water partition coefficient (Wildman–Crippen LogP) is 2.52. The molecule has 0 aliphatic carbocycles. The van der Waals surface area contributed by atoms with Crippen LogP contribution in [0.3, 0.4) is 0 Å². The third-order valence-corrected chi connectivity index (χ3v) is 5.34. The number of rotatable bonds is 4. The highest BCUT2D eigenvalue weighted by molar-refractivity contribution is 5.78. The number of carbonyl (C=O) groups excluding carboxylic acids is 1. The maximum atomic E-state index is 12.3. The number of hydrogen-bond donors (Lipinski definition) is 0. The first kappa shape index (κ1) is 18.5. The van der Waals surface area contributed by atoms with Gasteiger partial charge in [0, 0.05) is 49.3 Å². The van der Waals surface area contributed by atoms with Gasteiger partial charge in [-0.3, -0.25) is 4.79 Å². The van der Waals surface area contributed by atoms with Crippen molar-refractivity contribution in [2.75, 3.05) is 51.7 Å². The first-order valence-corrected chi connectivity index (χ1v) is 9.74. The molecule has 1 aromatic carbocycles. The number of carbonyl (C=O) groups is 1. The average Bonchev–Trinajstić information content (AvgIpc) is 3.05. The van der Waals surface area contributed by atoms with Crippen LogP contribution in [0.1, 0.15) is 5.69 Å². The Hall–Kier alpha value is -2.86. The van der Waals surface area contributed by atoms with E-state index >= 15 is 0 Å². The summed E-state index contributed by atoms with van der Waals surface area (Å²) in [6.07, 6.45) is 2.05. The number of nitrogens with zero attached hydrogens (tertiary/aromatic N) is 5. The molecule has 6 heteroatoms. The Morgan fingerprint density at radius 2 is 1.86 bits per heavy atom. The monoisotopic (exact) mass is 377 g/mol. The zero-order valence-corrected chi connectivity index (χ0v) is 16.8. The highest BCUT2D eigenvalue weighted by atomic mass is 16.2. The van der Waals surface area contributed by atoms with Gasteiger partial charge in [-0.1, -0.05) is 18.2 Å². The molecule has 1 aliphatic heterocycles. The molecule has 0 saturated carbocycles. The number of amides is 1. The highest BCUT2D eigenvalue weighted by Crippen LogP contribution is 2.28. The molecule has 0 N–H and O–H groups in total. The number of benzene rings is 1. The normalized spacial score (nSPS) is 14.9. The van der Waals surface area contributed by atoms with Gasteiger partial charge in [0.2, 0.25) is 5.91 Å². The number of piperazine rings is 1. The third-order valence-electron chi connectivity index (χ3n) is 5.34. The van der Waals surface area contributed by atoms with Crippen LogP contribution in [0.5, 0.6) is 0 Å². The van der Waals surface area contributed by atoms with Crippen LogP contribution in [0.2, 0.25) is 0 Å². The molecule has 0 radical (unpaired) electrons. The topological polar surface area (TPSA) is 44.1 Å². The lowest BCUT2D eigenvalue weighted by molar-refractivity contribution is -0.132.